The van der Waals surface area contributed by atoms with Gasteiger partial charge in [-0.05, 0) is 30.7 Å². The largest absolute Gasteiger partial charge is 0.329 e. The van der Waals surface area contributed by atoms with Crippen LogP contribution in [0.2, 0.25) is 0 Å². The van der Waals surface area contributed by atoms with E-state index >= 15 is 0 Å². The third-order valence-electron chi connectivity index (χ3n) is 4.21. The van der Waals surface area contributed by atoms with Crippen molar-refractivity contribution in [1.29, 1.82) is 0 Å². The summed E-state index contributed by atoms with van der Waals surface area (Å²) >= 11 is 1.03. The molecule has 0 saturated heterocycles. The zero-order valence-electron chi connectivity index (χ0n) is 15.9. The summed E-state index contributed by atoms with van der Waals surface area (Å²) in [4.78, 5) is 37.2. The second-order valence-electron chi connectivity index (χ2n) is 6.32. The van der Waals surface area contributed by atoms with Crippen LogP contribution < -0.4 is 16.5 Å². The molecule has 0 spiro atoms. The first-order valence-corrected chi connectivity index (χ1v) is 10.1. The summed E-state index contributed by atoms with van der Waals surface area (Å²) in [6.07, 6.45) is 0.788. The Labute approximate surface area is 170 Å². The molecule has 2 amide bonds. The number of fused-ring (bicyclic) bond motifs is 1. The Morgan fingerprint density at radius 2 is 1.59 bits per heavy atom. The molecule has 3 aromatic rings. The molecule has 0 aliphatic rings. The van der Waals surface area contributed by atoms with E-state index in [1.54, 1.807) is 34.9 Å². The number of rotatable bonds is 7. The molecule has 1 aromatic heterocycles. The molecule has 1 heterocycles. The first-order valence-electron chi connectivity index (χ1n) is 9.14. The number of halogens is 1. The highest BCUT2D eigenvalue weighted by molar-refractivity contribution is 8.00. The zero-order chi connectivity index (χ0) is 20.8. The van der Waals surface area contributed by atoms with Crippen molar-refractivity contribution in [2.75, 3.05) is 5.75 Å². The summed E-state index contributed by atoms with van der Waals surface area (Å²) in [5.41, 5.74) is 5.73. The summed E-state index contributed by atoms with van der Waals surface area (Å²) < 4.78 is 16.6. The quantitative estimate of drug-likeness (QED) is 0.457. The maximum absolute atomic E-state index is 13.6. The maximum atomic E-state index is 13.6. The number of aromatic nitrogens is 2. The van der Waals surface area contributed by atoms with Gasteiger partial charge in [-0.25, -0.2) is 9.18 Å². The van der Waals surface area contributed by atoms with Crippen LogP contribution in [0.4, 0.5) is 4.39 Å². The molecule has 0 radical (unpaired) electrons. The van der Waals surface area contributed by atoms with Crippen LogP contribution in [0.1, 0.15) is 13.3 Å². The number of hydrogen-bond acceptors (Lipinski definition) is 4. The highest BCUT2D eigenvalue weighted by Gasteiger charge is 2.15. The third-order valence-corrected chi connectivity index (χ3v) is 5.26. The van der Waals surface area contributed by atoms with Crippen molar-refractivity contribution in [3.63, 3.8) is 0 Å². The number of carbonyl (C=O) groups excluding carboxylic acids is 2. The lowest BCUT2D eigenvalue weighted by Gasteiger charge is -2.08. The molecular formula is C20H21FN4O3S. The molecule has 0 bridgehead atoms. The molecule has 3 rings (SSSR count). The number of hydrogen-bond donors (Lipinski definition) is 2. The number of benzene rings is 2. The van der Waals surface area contributed by atoms with Gasteiger partial charge in [0.1, 0.15) is 12.4 Å². The van der Waals surface area contributed by atoms with E-state index in [0.29, 0.717) is 17.0 Å². The first-order chi connectivity index (χ1) is 14.0. The van der Waals surface area contributed by atoms with Gasteiger partial charge in [0.25, 0.3) is 5.91 Å². The molecule has 7 nitrogen and oxygen atoms in total. The lowest BCUT2D eigenvalue weighted by molar-refractivity contribution is -0.128. The summed E-state index contributed by atoms with van der Waals surface area (Å²) in [7, 11) is 0. The highest BCUT2D eigenvalue weighted by atomic mass is 32.2. The van der Waals surface area contributed by atoms with Gasteiger partial charge in [0.05, 0.1) is 16.8 Å². The van der Waals surface area contributed by atoms with Gasteiger partial charge in [-0.3, -0.25) is 29.6 Å². The van der Waals surface area contributed by atoms with Crippen molar-refractivity contribution in [2.45, 2.75) is 31.3 Å². The van der Waals surface area contributed by atoms with Gasteiger partial charge in [-0.2, -0.15) is 0 Å². The van der Waals surface area contributed by atoms with Crippen molar-refractivity contribution < 1.29 is 14.0 Å². The van der Waals surface area contributed by atoms with E-state index in [1.807, 2.05) is 19.1 Å². The average Bonchev–Trinajstić information content (AvgIpc) is 2.98. The fraction of sp³-hybridized carbons (Fsp3) is 0.250. The second-order valence-corrected chi connectivity index (χ2v) is 7.34. The van der Waals surface area contributed by atoms with Crippen LogP contribution in [0.3, 0.4) is 0 Å². The fourth-order valence-electron chi connectivity index (χ4n) is 2.93. The number of imidazole rings is 1. The zero-order valence-corrected chi connectivity index (χ0v) is 16.7. The van der Waals surface area contributed by atoms with E-state index in [4.69, 9.17) is 0 Å². The average molecular weight is 416 g/mol. The van der Waals surface area contributed by atoms with Gasteiger partial charge in [0, 0.05) is 11.4 Å². The normalized spacial score (nSPS) is 10.8. The van der Waals surface area contributed by atoms with Crippen molar-refractivity contribution in [1.82, 2.24) is 20.0 Å². The van der Waals surface area contributed by atoms with Gasteiger partial charge < -0.3 is 0 Å². The summed E-state index contributed by atoms with van der Waals surface area (Å²) in [6.45, 7) is 2.30. The molecule has 0 aliphatic carbocycles. The SMILES string of the molecule is CCCn1c(=O)n(CC(=O)NNC(=O)CSc2ccccc2F)c2ccccc21. The molecular weight excluding hydrogens is 395 g/mol. The Bertz CT molecular complexity index is 1090. The topological polar surface area (TPSA) is 85.1 Å². The lowest BCUT2D eigenvalue weighted by Crippen LogP contribution is -2.45. The summed E-state index contributed by atoms with van der Waals surface area (Å²) in [5.74, 6) is -1.47. The van der Waals surface area contributed by atoms with Crippen molar-refractivity contribution >= 4 is 34.6 Å². The van der Waals surface area contributed by atoms with Gasteiger partial charge in [0.15, 0.2) is 0 Å². The Morgan fingerprint density at radius 1 is 0.966 bits per heavy atom. The Hall–Kier alpha value is -3.07. The number of para-hydroxylation sites is 2. The fourth-order valence-corrected chi connectivity index (χ4v) is 3.67. The number of aryl methyl sites for hydroxylation is 1. The number of thioether (sulfide) groups is 1. The molecule has 2 aromatic carbocycles. The van der Waals surface area contributed by atoms with Gasteiger partial charge >= 0.3 is 5.69 Å². The molecule has 0 aliphatic heterocycles. The first kappa shape index (κ1) is 20.7. The van der Waals surface area contributed by atoms with E-state index in [0.717, 1.165) is 23.7 Å². The minimum atomic E-state index is -0.532. The molecule has 0 unspecified atom stereocenters. The number of hydrazine groups is 1. The predicted molar refractivity (Wildman–Crippen MR) is 110 cm³/mol. The van der Waals surface area contributed by atoms with Crippen molar-refractivity contribution in [3.05, 3.63) is 64.8 Å². The number of amides is 2. The van der Waals surface area contributed by atoms with Crippen LogP contribution in [0, 0.1) is 5.82 Å². The van der Waals surface area contributed by atoms with E-state index < -0.39 is 17.6 Å². The lowest BCUT2D eigenvalue weighted by atomic mass is 10.3. The molecule has 29 heavy (non-hydrogen) atoms. The van der Waals surface area contributed by atoms with E-state index in [-0.39, 0.29) is 18.0 Å². The minimum Gasteiger partial charge on any atom is -0.292 e. The Kier molecular flexibility index (Phi) is 6.71. The number of nitrogens with one attached hydrogen (secondary N) is 2. The van der Waals surface area contributed by atoms with E-state index in [9.17, 15) is 18.8 Å². The van der Waals surface area contributed by atoms with Gasteiger partial charge in [0.2, 0.25) is 5.91 Å². The molecule has 0 atom stereocenters. The van der Waals surface area contributed by atoms with Crippen molar-refractivity contribution in [3.8, 4) is 0 Å². The number of carbonyl (C=O) groups is 2. The van der Waals surface area contributed by atoms with Crippen molar-refractivity contribution in [2.24, 2.45) is 0 Å². The van der Waals surface area contributed by atoms with Crippen LogP contribution in [0.25, 0.3) is 11.0 Å². The Morgan fingerprint density at radius 3 is 2.28 bits per heavy atom. The molecule has 0 saturated carbocycles. The smallest absolute Gasteiger partial charge is 0.292 e. The van der Waals surface area contributed by atoms with Gasteiger partial charge in [-0.1, -0.05) is 31.2 Å². The van der Waals surface area contributed by atoms with Crippen LogP contribution in [-0.4, -0.2) is 26.7 Å². The highest BCUT2D eigenvalue weighted by Crippen LogP contribution is 2.20. The van der Waals surface area contributed by atoms with Crippen LogP contribution >= 0.6 is 11.8 Å². The number of nitrogens with zero attached hydrogens (tertiary/aromatic N) is 2. The minimum absolute atomic E-state index is 0.0586. The molecule has 2 N–H and O–H groups in total. The Balaban J connectivity index is 1.60. The maximum Gasteiger partial charge on any atom is 0.329 e. The van der Waals surface area contributed by atoms with Crippen LogP contribution in [0.5, 0.6) is 0 Å². The van der Waals surface area contributed by atoms with E-state index in [2.05, 4.69) is 10.9 Å². The molecule has 152 valence electrons. The summed E-state index contributed by atoms with van der Waals surface area (Å²) in [5, 5.41) is 0. The summed E-state index contributed by atoms with van der Waals surface area (Å²) in [6, 6.07) is 13.4. The predicted octanol–water partition coefficient (Wildman–Crippen LogP) is 2.29. The van der Waals surface area contributed by atoms with E-state index in [1.165, 1.54) is 10.6 Å². The molecule has 9 heteroatoms. The van der Waals surface area contributed by atoms with Gasteiger partial charge in [-0.15, -0.1) is 11.8 Å². The van der Waals surface area contributed by atoms with Crippen LogP contribution in [-0.2, 0) is 22.7 Å². The standard InChI is InChI=1S/C20H21FN4O3S/c1-2-11-24-15-8-4-5-9-16(15)25(20(24)28)12-18(26)22-23-19(27)13-29-17-10-6-3-7-14(17)21/h3-10H,2,11-13H2,1H3,(H,22,26)(H,23,27). The third kappa shape index (κ3) is 4.86. The molecule has 0 fully saturated rings. The monoisotopic (exact) mass is 416 g/mol. The second kappa shape index (κ2) is 9.42. The van der Waals surface area contributed by atoms with Crippen LogP contribution in [0.15, 0.2) is 58.2 Å².